The minimum absolute atomic E-state index is 0.0102. The summed E-state index contributed by atoms with van der Waals surface area (Å²) in [6, 6.07) is 2.72. The van der Waals surface area contributed by atoms with E-state index in [9.17, 15) is 23.1 Å². The lowest BCUT2D eigenvalue weighted by atomic mass is 9.77. The summed E-state index contributed by atoms with van der Waals surface area (Å²) in [5.74, 6) is 0. The molecule has 1 N–H and O–H groups in total. The molecule has 2 saturated heterocycles. The molecule has 0 radical (unpaired) electrons. The van der Waals surface area contributed by atoms with Crippen LogP contribution in [0.15, 0.2) is 18.2 Å². The molecule has 2 heterocycles. The normalized spacial score (nSPS) is 24.5. The Labute approximate surface area is 161 Å². The molecule has 0 aromatic heterocycles. The smallest absolute Gasteiger partial charge is 0.465 e. The SMILES string of the molecule is CC1(C)OB(c2ccc(C3COCCN3C(=O)O)c(C(F)(F)F)c2)OC1(C)C. The second-order valence-electron chi connectivity index (χ2n) is 8.00. The minimum Gasteiger partial charge on any atom is -0.465 e. The lowest BCUT2D eigenvalue weighted by Crippen LogP contribution is -2.43. The van der Waals surface area contributed by atoms with E-state index < -0.39 is 42.2 Å². The molecule has 2 aliphatic heterocycles. The van der Waals surface area contributed by atoms with E-state index in [0.717, 1.165) is 11.0 Å². The highest BCUT2D eigenvalue weighted by atomic mass is 19.4. The highest BCUT2D eigenvalue weighted by molar-refractivity contribution is 6.62. The number of carboxylic acid groups (broad SMARTS) is 1. The first-order valence-electron chi connectivity index (χ1n) is 8.97. The van der Waals surface area contributed by atoms with Crippen LogP contribution in [0.4, 0.5) is 18.0 Å². The first kappa shape index (κ1) is 20.9. The summed E-state index contributed by atoms with van der Waals surface area (Å²) >= 11 is 0. The predicted molar refractivity (Wildman–Crippen MR) is 95.5 cm³/mol. The molecule has 1 aromatic rings. The van der Waals surface area contributed by atoms with Crippen molar-refractivity contribution in [2.45, 2.75) is 51.1 Å². The predicted octanol–water partition coefficient (Wildman–Crippen LogP) is 3.06. The molecule has 0 saturated carbocycles. The van der Waals surface area contributed by atoms with Crippen LogP contribution in [-0.2, 0) is 20.2 Å². The topological polar surface area (TPSA) is 68.2 Å². The van der Waals surface area contributed by atoms with Crippen LogP contribution in [0.25, 0.3) is 0 Å². The number of hydrogen-bond donors (Lipinski definition) is 1. The lowest BCUT2D eigenvalue weighted by Gasteiger charge is -2.35. The Hall–Kier alpha value is -1.78. The van der Waals surface area contributed by atoms with Crippen molar-refractivity contribution in [1.29, 1.82) is 0 Å². The Morgan fingerprint density at radius 3 is 2.36 bits per heavy atom. The van der Waals surface area contributed by atoms with E-state index in [1.54, 1.807) is 0 Å². The van der Waals surface area contributed by atoms with Crippen LogP contribution in [0.3, 0.4) is 0 Å². The van der Waals surface area contributed by atoms with E-state index in [2.05, 4.69) is 0 Å². The van der Waals surface area contributed by atoms with Gasteiger partial charge in [-0.15, -0.1) is 0 Å². The van der Waals surface area contributed by atoms with Gasteiger partial charge in [0, 0.05) is 6.54 Å². The fourth-order valence-electron chi connectivity index (χ4n) is 3.33. The number of halogens is 3. The van der Waals surface area contributed by atoms with Crippen LogP contribution in [0.1, 0.15) is 44.9 Å². The van der Waals surface area contributed by atoms with Crippen molar-refractivity contribution in [3.05, 3.63) is 29.3 Å². The van der Waals surface area contributed by atoms with E-state index in [1.807, 2.05) is 27.7 Å². The van der Waals surface area contributed by atoms with Gasteiger partial charge in [0.1, 0.15) is 0 Å². The van der Waals surface area contributed by atoms with Crippen LogP contribution >= 0.6 is 0 Å². The molecule has 2 aliphatic rings. The zero-order valence-electron chi connectivity index (χ0n) is 16.2. The molecule has 1 aromatic carbocycles. The third-order valence-corrected chi connectivity index (χ3v) is 5.64. The van der Waals surface area contributed by atoms with E-state index in [4.69, 9.17) is 14.0 Å². The summed E-state index contributed by atoms with van der Waals surface area (Å²) in [7, 11) is -0.946. The number of alkyl halides is 3. The van der Waals surface area contributed by atoms with Crippen LogP contribution in [-0.4, -0.2) is 54.2 Å². The third-order valence-electron chi connectivity index (χ3n) is 5.64. The van der Waals surface area contributed by atoms with Crippen LogP contribution in [0.2, 0.25) is 0 Å². The van der Waals surface area contributed by atoms with Crippen molar-refractivity contribution in [2.24, 2.45) is 0 Å². The summed E-state index contributed by atoms with van der Waals surface area (Å²) < 4.78 is 58.4. The van der Waals surface area contributed by atoms with Crippen LogP contribution < -0.4 is 5.46 Å². The van der Waals surface area contributed by atoms with Gasteiger partial charge < -0.3 is 19.2 Å². The van der Waals surface area contributed by atoms with Crippen molar-refractivity contribution in [1.82, 2.24) is 4.90 Å². The van der Waals surface area contributed by atoms with E-state index in [-0.39, 0.29) is 30.8 Å². The van der Waals surface area contributed by atoms with Gasteiger partial charge in [-0.25, -0.2) is 4.79 Å². The Morgan fingerprint density at radius 1 is 1.21 bits per heavy atom. The molecule has 1 amide bonds. The first-order chi connectivity index (χ1) is 12.8. The molecule has 1 unspecified atom stereocenters. The maximum absolute atomic E-state index is 13.8. The number of carbonyl (C=O) groups is 1. The standard InChI is InChI=1S/C18H23BF3NO5/c1-16(2)17(3,4)28-19(27-16)11-5-6-12(13(9-11)18(20,21)22)14-10-26-8-7-23(14)15(24)25/h5-6,9,14H,7-8,10H2,1-4H3,(H,24,25). The molecule has 0 bridgehead atoms. The van der Waals surface area contributed by atoms with Gasteiger partial charge in [-0.3, -0.25) is 4.90 Å². The van der Waals surface area contributed by atoms with Gasteiger partial charge >= 0.3 is 19.4 Å². The van der Waals surface area contributed by atoms with Crippen molar-refractivity contribution < 1.29 is 37.1 Å². The quantitative estimate of drug-likeness (QED) is 0.772. The fourth-order valence-corrected chi connectivity index (χ4v) is 3.33. The van der Waals surface area contributed by atoms with Gasteiger partial charge in [0.2, 0.25) is 0 Å². The number of benzene rings is 1. The zero-order chi connectivity index (χ0) is 20.9. The average molecular weight is 401 g/mol. The Kier molecular flexibility index (Phi) is 5.18. The fraction of sp³-hybridized carbons (Fsp3) is 0.611. The molecular formula is C18H23BF3NO5. The van der Waals surface area contributed by atoms with Crippen LogP contribution in [0, 0.1) is 0 Å². The molecule has 0 spiro atoms. The molecule has 0 aliphatic carbocycles. The Balaban J connectivity index is 2.01. The van der Waals surface area contributed by atoms with E-state index >= 15 is 0 Å². The highest BCUT2D eigenvalue weighted by Gasteiger charge is 2.52. The molecule has 1 atom stereocenters. The largest absolute Gasteiger partial charge is 0.494 e. The van der Waals surface area contributed by atoms with E-state index in [1.165, 1.54) is 12.1 Å². The summed E-state index contributed by atoms with van der Waals surface area (Å²) in [6.07, 6.45) is -5.95. The second-order valence-corrected chi connectivity index (χ2v) is 8.00. The Bertz CT molecular complexity index is 752. The van der Waals surface area contributed by atoms with Gasteiger partial charge in [0.05, 0.1) is 36.0 Å². The molecule has 6 nitrogen and oxygen atoms in total. The van der Waals surface area contributed by atoms with Gasteiger partial charge in [-0.05, 0) is 44.8 Å². The molecule has 28 heavy (non-hydrogen) atoms. The molecule has 2 fully saturated rings. The van der Waals surface area contributed by atoms with Crippen molar-refractivity contribution >= 4 is 18.7 Å². The molecule has 10 heteroatoms. The maximum atomic E-state index is 13.8. The maximum Gasteiger partial charge on any atom is 0.494 e. The van der Waals surface area contributed by atoms with Crippen molar-refractivity contribution in [3.63, 3.8) is 0 Å². The number of morpholine rings is 1. The molecular weight excluding hydrogens is 378 g/mol. The summed E-state index contributed by atoms with van der Waals surface area (Å²) in [4.78, 5) is 12.4. The average Bonchev–Trinajstić information content (AvgIpc) is 2.81. The first-order valence-corrected chi connectivity index (χ1v) is 8.97. The summed E-state index contributed by atoms with van der Waals surface area (Å²) in [6.45, 7) is 7.29. The zero-order valence-corrected chi connectivity index (χ0v) is 16.2. The van der Waals surface area contributed by atoms with Gasteiger partial charge in [0.25, 0.3) is 0 Å². The Morgan fingerprint density at radius 2 is 1.82 bits per heavy atom. The van der Waals surface area contributed by atoms with Gasteiger partial charge in [-0.1, -0.05) is 12.1 Å². The second kappa shape index (κ2) is 6.93. The number of amides is 1. The summed E-state index contributed by atoms with van der Waals surface area (Å²) in [5.41, 5.74) is -2.21. The number of nitrogens with zero attached hydrogens (tertiary/aromatic N) is 1. The van der Waals surface area contributed by atoms with Gasteiger partial charge in [-0.2, -0.15) is 13.2 Å². The number of ether oxygens (including phenoxy) is 1. The van der Waals surface area contributed by atoms with Crippen LogP contribution in [0.5, 0.6) is 0 Å². The lowest BCUT2D eigenvalue weighted by molar-refractivity contribution is -0.139. The summed E-state index contributed by atoms with van der Waals surface area (Å²) in [5, 5.41) is 9.36. The minimum atomic E-state index is -4.67. The van der Waals surface area contributed by atoms with E-state index in [0.29, 0.717) is 0 Å². The third kappa shape index (κ3) is 3.73. The van der Waals surface area contributed by atoms with Crippen molar-refractivity contribution in [2.75, 3.05) is 19.8 Å². The molecule has 3 rings (SSSR count). The number of rotatable bonds is 2. The number of hydrogen-bond acceptors (Lipinski definition) is 4. The molecule has 154 valence electrons. The highest BCUT2D eigenvalue weighted by Crippen LogP contribution is 2.39. The monoisotopic (exact) mass is 401 g/mol. The van der Waals surface area contributed by atoms with Gasteiger partial charge in [0.15, 0.2) is 0 Å². The van der Waals surface area contributed by atoms with Crippen molar-refractivity contribution in [3.8, 4) is 0 Å².